The first-order chi connectivity index (χ1) is 10.7. The van der Waals surface area contributed by atoms with Gasteiger partial charge >= 0.3 is 0 Å². The number of anilines is 2. The van der Waals surface area contributed by atoms with Crippen molar-refractivity contribution in [3.8, 4) is 5.75 Å². The molecule has 0 saturated carbocycles. The molecule has 0 heterocycles. The predicted molar refractivity (Wildman–Crippen MR) is 90.4 cm³/mol. The third kappa shape index (κ3) is 4.23. The van der Waals surface area contributed by atoms with Gasteiger partial charge in [0.2, 0.25) is 10.0 Å². The van der Waals surface area contributed by atoms with Gasteiger partial charge in [-0.25, -0.2) is 8.42 Å². The predicted octanol–water partition coefficient (Wildman–Crippen LogP) is 2.63. The zero-order chi connectivity index (χ0) is 17.2. The summed E-state index contributed by atoms with van der Waals surface area (Å²) in [5, 5.41) is 12.7. The van der Waals surface area contributed by atoms with Crippen molar-refractivity contribution in [2.75, 3.05) is 16.3 Å². The van der Waals surface area contributed by atoms with Gasteiger partial charge in [-0.15, -0.1) is 0 Å². The number of phenols is 1. The van der Waals surface area contributed by atoms with Crippen LogP contribution in [-0.4, -0.2) is 25.7 Å². The number of hydrogen-bond acceptors (Lipinski definition) is 4. The average Bonchev–Trinajstić information content (AvgIpc) is 2.47. The molecule has 2 rings (SSSR count). The van der Waals surface area contributed by atoms with Crippen molar-refractivity contribution in [3.63, 3.8) is 0 Å². The van der Waals surface area contributed by atoms with Crippen molar-refractivity contribution in [1.82, 2.24) is 0 Å². The molecule has 0 aliphatic carbocycles. The fourth-order valence-electron chi connectivity index (χ4n) is 2.00. The van der Waals surface area contributed by atoms with Crippen molar-refractivity contribution in [2.45, 2.75) is 13.8 Å². The van der Waals surface area contributed by atoms with E-state index in [1.54, 1.807) is 13.0 Å². The first kappa shape index (κ1) is 16.8. The van der Waals surface area contributed by atoms with E-state index in [1.807, 2.05) is 13.0 Å². The highest BCUT2D eigenvalue weighted by molar-refractivity contribution is 7.92. The Morgan fingerprint density at radius 1 is 1.04 bits per heavy atom. The van der Waals surface area contributed by atoms with E-state index in [9.17, 15) is 18.3 Å². The lowest BCUT2D eigenvalue weighted by Crippen LogP contribution is -2.13. The fraction of sp³-hybridized carbons (Fsp3) is 0.188. The Morgan fingerprint density at radius 3 is 2.22 bits per heavy atom. The fourth-order valence-corrected chi connectivity index (χ4v) is 2.56. The molecule has 0 fully saturated rings. The normalized spacial score (nSPS) is 11.1. The van der Waals surface area contributed by atoms with E-state index < -0.39 is 15.9 Å². The molecule has 0 aliphatic rings. The van der Waals surface area contributed by atoms with E-state index in [0.29, 0.717) is 22.5 Å². The van der Waals surface area contributed by atoms with Gasteiger partial charge in [0, 0.05) is 11.3 Å². The molecule has 0 unspecified atom stereocenters. The van der Waals surface area contributed by atoms with Crippen LogP contribution in [0.5, 0.6) is 5.75 Å². The van der Waals surface area contributed by atoms with Gasteiger partial charge in [0.1, 0.15) is 5.75 Å². The van der Waals surface area contributed by atoms with E-state index in [0.717, 1.165) is 11.8 Å². The third-order valence-corrected chi connectivity index (χ3v) is 4.01. The van der Waals surface area contributed by atoms with Crippen LogP contribution in [0.2, 0.25) is 0 Å². The maximum absolute atomic E-state index is 12.2. The molecule has 0 atom stereocenters. The quantitative estimate of drug-likeness (QED) is 0.749. The molecular weight excluding hydrogens is 316 g/mol. The van der Waals surface area contributed by atoms with Crippen LogP contribution in [0.4, 0.5) is 11.4 Å². The van der Waals surface area contributed by atoms with Crippen molar-refractivity contribution in [1.29, 1.82) is 0 Å². The summed E-state index contributed by atoms with van der Waals surface area (Å²) < 4.78 is 24.6. The molecule has 0 saturated heterocycles. The third-order valence-electron chi connectivity index (χ3n) is 3.40. The maximum atomic E-state index is 12.2. The minimum atomic E-state index is -3.36. The average molecular weight is 334 g/mol. The Kier molecular flexibility index (Phi) is 4.60. The number of nitrogens with one attached hydrogen (secondary N) is 2. The molecule has 3 N–H and O–H groups in total. The SMILES string of the molecule is Cc1ccc(NC(=O)c2ccc(NS(C)(=O)=O)cc2)c(O)c1C. The second kappa shape index (κ2) is 6.29. The van der Waals surface area contributed by atoms with Crippen molar-refractivity contribution in [3.05, 3.63) is 53.1 Å². The Labute approximate surface area is 135 Å². The Balaban J connectivity index is 2.17. The molecule has 0 radical (unpaired) electrons. The van der Waals surface area contributed by atoms with E-state index in [4.69, 9.17) is 0 Å². The van der Waals surface area contributed by atoms with Crippen LogP contribution in [0.3, 0.4) is 0 Å². The number of benzene rings is 2. The molecule has 0 spiro atoms. The summed E-state index contributed by atoms with van der Waals surface area (Å²) in [5.41, 5.74) is 2.68. The van der Waals surface area contributed by atoms with Gasteiger partial charge in [0.25, 0.3) is 5.91 Å². The van der Waals surface area contributed by atoms with Gasteiger partial charge in [0.15, 0.2) is 0 Å². The monoisotopic (exact) mass is 334 g/mol. The van der Waals surface area contributed by atoms with E-state index in [-0.39, 0.29) is 5.75 Å². The zero-order valence-electron chi connectivity index (χ0n) is 13.0. The number of hydrogen-bond donors (Lipinski definition) is 3. The molecular formula is C16H18N2O4S. The summed E-state index contributed by atoms with van der Waals surface area (Å²) in [4.78, 5) is 12.2. The molecule has 7 heteroatoms. The molecule has 6 nitrogen and oxygen atoms in total. The first-order valence-electron chi connectivity index (χ1n) is 6.86. The van der Waals surface area contributed by atoms with E-state index in [1.165, 1.54) is 24.3 Å². The summed E-state index contributed by atoms with van der Waals surface area (Å²) >= 11 is 0. The Morgan fingerprint density at radius 2 is 1.65 bits per heavy atom. The molecule has 2 aromatic rings. The summed E-state index contributed by atoms with van der Waals surface area (Å²) in [6, 6.07) is 9.44. The van der Waals surface area contributed by atoms with E-state index in [2.05, 4.69) is 10.0 Å². The number of amides is 1. The zero-order valence-corrected chi connectivity index (χ0v) is 13.9. The van der Waals surface area contributed by atoms with Gasteiger partial charge in [-0.05, 0) is 55.3 Å². The topological polar surface area (TPSA) is 95.5 Å². The van der Waals surface area contributed by atoms with Gasteiger partial charge in [-0.1, -0.05) is 6.07 Å². The van der Waals surface area contributed by atoms with Gasteiger partial charge in [-0.2, -0.15) is 0 Å². The number of aromatic hydroxyl groups is 1. The summed E-state index contributed by atoms with van der Waals surface area (Å²) in [5.74, 6) is -0.358. The van der Waals surface area contributed by atoms with Crippen LogP contribution < -0.4 is 10.0 Å². The summed E-state index contributed by atoms with van der Waals surface area (Å²) in [7, 11) is -3.36. The van der Waals surface area contributed by atoms with Gasteiger partial charge in [-0.3, -0.25) is 9.52 Å². The Hall–Kier alpha value is -2.54. The number of aryl methyl sites for hydroxylation is 1. The standard InChI is InChI=1S/C16H18N2O4S/c1-10-4-9-14(15(19)11(10)2)17-16(20)12-5-7-13(8-6-12)18-23(3,21)22/h4-9,18-19H,1-3H3,(H,17,20). The van der Waals surface area contributed by atoms with Crippen LogP contribution >= 0.6 is 0 Å². The number of carbonyl (C=O) groups is 1. The molecule has 0 aromatic heterocycles. The van der Waals surface area contributed by atoms with Crippen LogP contribution in [0, 0.1) is 13.8 Å². The van der Waals surface area contributed by atoms with Crippen molar-refractivity contribution >= 4 is 27.3 Å². The summed E-state index contributed by atoms with van der Waals surface area (Å²) in [6.07, 6.45) is 1.05. The van der Waals surface area contributed by atoms with Crippen LogP contribution in [0.25, 0.3) is 0 Å². The molecule has 0 bridgehead atoms. The van der Waals surface area contributed by atoms with Crippen LogP contribution in [0.1, 0.15) is 21.5 Å². The Bertz CT molecular complexity index is 843. The number of carbonyl (C=O) groups excluding carboxylic acids is 1. The minimum absolute atomic E-state index is 0.0358. The lowest BCUT2D eigenvalue weighted by Gasteiger charge is -2.11. The smallest absolute Gasteiger partial charge is 0.255 e. The highest BCUT2D eigenvalue weighted by Gasteiger charge is 2.12. The second-order valence-corrected chi connectivity index (χ2v) is 7.06. The second-order valence-electron chi connectivity index (χ2n) is 5.31. The lowest BCUT2D eigenvalue weighted by atomic mass is 10.1. The van der Waals surface area contributed by atoms with E-state index >= 15 is 0 Å². The lowest BCUT2D eigenvalue weighted by molar-refractivity contribution is 0.102. The van der Waals surface area contributed by atoms with Crippen molar-refractivity contribution in [2.24, 2.45) is 0 Å². The largest absolute Gasteiger partial charge is 0.505 e. The molecule has 2 aromatic carbocycles. The highest BCUT2D eigenvalue weighted by atomic mass is 32.2. The molecule has 1 amide bonds. The molecule has 0 aliphatic heterocycles. The maximum Gasteiger partial charge on any atom is 0.255 e. The number of sulfonamides is 1. The first-order valence-corrected chi connectivity index (χ1v) is 8.75. The van der Waals surface area contributed by atoms with Gasteiger partial charge in [0.05, 0.1) is 11.9 Å². The highest BCUT2D eigenvalue weighted by Crippen LogP contribution is 2.29. The van der Waals surface area contributed by atoms with Gasteiger partial charge < -0.3 is 10.4 Å². The molecule has 23 heavy (non-hydrogen) atoms. The summed E-state index contributed by atoms with van der Waals surface area (Å²) in [6.45, 7) is 3.64. The van der Waals surface area contributed by atoms with Crippen LogP contribution in [-0.2, 0) is 10.0 Å². The van der Waals surface area contributed by atoms with Crippen LogP contribution in [0.15, 0.2) is 36.4 Å². The van der Waals surface area contributed by atoms with Crippen molar-refractivity contribution < 1.29 is 18.3 Å². The number of phenolic OH excluding ortho intramolecular Hbond substituents is 1. The number of rotatable bonds is 4. The minimum Gasteiger partial charge on any atom is -0.505 e. The molecule has 122 valence electrons.